The van der Waals surface area contributed by atoms with Crippen molar-refractivity contribution in [2.24, 2.45) is 0 Å². The fraction of sp³-hybridized carbons (Fsp3) is 0.136. The van der Waals surface area contributed by atoms with Gasteiger partial charge in [-0.2, -0.15) is 0 Å². The highest BCUT2D eigenvalue weighted by molar-refractivity contribution is 7.80. The number of benzene rings is 6. The molecule has 7 aromatic rings. The van der Waals surface area contributed by atoms with Crippen LogP contribution in [0.4, 0.5) is 5.69 Å². The van der Waals surface area contributed by atoms with Gasteiger partial charge in [0, 0.05) is 27.0 Å². The van der Waals surface area contributed by atoms with E-state index < -0.39 is 5.97 Å². The van der Waals surface area contributed by atoms with Gasteiger partial charge in [-0.05, 0) is 87.0 Å². The second-order valence-electron chi connectivity index (χ2n) is 13.7. The standard InChI is InChI=1S/C22H17NS.C16H14O2.C6H7NS/c1-22(2)17-8-4-3-7-15(17)16-12-11-14(13-18(16)22)21-23-19-9-5-6-10-20(19)24-21;1-16(2)13-6-4-3-5-11(13)12-8-7-10(15(17)18)9-14(12)16;7-5-3-1-2-4-6(5)8/h3-13H,1-2H3;3-9H,1-2H3,(H,17,18);1-4,8H,7H2. The maximum atomic E-state index is 11.1. The van der Waals surface area contributed by atoms with Crippen molar-refractivity contribution in [3.63, 3.8) is 0 Å². The normalized spacial score (nSPS) is 13.9. The molecule has 0 saturated carbocycles. The fourth-order valence-corrected chi connectivity index (χ4v) is 8.28. The SMILES string of the molecule is CC1(C)c2ccccc2-c2ccc(-c3nc4ccccc4s3)cc21.CC1(C)c2ccccc2-c2ccc(C(=O)O)cc21.Nc1ccccc1S. The molecule has 0 spiro atoms. The van der Waals surface area contributed by atoms with Crippen molar-refractivity contribution in [1.82, 2.24) is 4.98 Å². The number of anilines is 1. The van der Waals surface area contributed by atoms with Crippen molar-refractivity contribution in [1.29, 1.82) is 0 Å². The quantitative estimate of drug-likeness (QED) is 0.125. The molecule has 0 bridgehead atoms. The number of fused-ring (bicyclic) bond motifs is 7. The number of carbonyl (C=O) groups is 1. The first-order valence-corrected chi connectivity index (χ1v) is 17.8. The number of nitrogens with two attached hydrogens (primary N) is 1. The smallest absolute Gasteiger partial charge is 0.335 e. The molecule has 0 aliphatic heterocycles. The van der Waals surface area contributed by atoms with Gasteiger partial charge in [-0.1, -0.05) is 119 Å². The predicted molar refractivity (Wildman–Crippen MR) is 212 cm³/mol. The Balaban J connectivity index is 0.000000132. The Hall–Kier alpha value is -5.17. The fourth-order valence-electron chi connectivity index (χ4n) is 7.16. The molecule has 2 aliphatic rings. The largest absolute Gasteiger partial charge is 0.478 e. The lowest BCUT2D eigenvalue weighted by atomic mass is 9.82. The van der Waals surface area contributed by atoms with E-state index in [1.54, 1.807) is 23.5 Å². The summed E-state index contributed by atoms with van der Waals surface area (Å²) in [5, 5.41) is 10.2. The Morgan fingerprint density at radius 1 is 0.640 bits per heavy atom. The molecular weight excluding hydrogens is 653 g/mol. The summed E-state index contributed by atoms with van der Waals surface area (Å²) in [6, 6.07) is 45.1. The highest BCUT2D eigenvalue weighted by Crippen LogP contribution is 2.50. The minimum Gasteiger partial charge on any atom is -0.478 e. The van der Waals surface area contributed by atoms with E-state index in [2.05, 4.69) is 113 Å². The average molecular weight is 691 g/mol. The first-order chi connectivity index (χ1) is 24.0. The van der Waals surface area contributed by atoms with Crippen LogP contribution in [0, 0.1) is 0 Å². The number of para-hydroxylation sites is 2. The first-order valence-electron chi connectivity index (χ1n) is 16.6. The molecular formula is C44H38N2O2S2. The molecule has 1 aromatic heterocycles. The zero-order chi connectivity index (χ0) is 35.2. The van der Waals surface area contributed by atoms with Crippen LogP contribution in [0.25, 0.3) is 43.0 Å². The molecule has 0 radical (unpaired) electrons. The molecule has 0 fully saturated rings. The highest BCUT2D eigenvalue weighted by Gasteiger charge is 2.36. The maximum absolute atomic E-state index is 11.1. The summed E-state index contributed by atoms with van der Waals surface area (Å²) in [5.41, 5.74) is 19.0. The Morgan fingerprint density at radius 2 is 1.16 bits per heavy atom. The van der Waals surface area contributed by atoms with Gasteiger partial charge in [0.05, 0.1) is 15.8 Å². The van der Waals surface area contributed by atoms with E-state index in [1.165, 1.54) is 43.6 Å². The molecule has 6 heteroatoms. The van der Waals surface area contributed by atoms with Gasteiger partial charge in [-0.15, -0.1) is 24.0 Å². The number of carboxylic acids is 1. The van der Waals surface area contributed by atoms with E-state index in [0.29, 0.717) is 5.56 Å². The number of nitrogen functional groups attached to an aromatic ring is 1. The molecule has 0 amide bonds. The number of aromatic nitrogens is 1. The number of nitrogens with zero attached hydrogens (tertiary/aromatic N) is 1. The van der Waals surface area contributed by atoms with E-state index in [1.807, 2.05) is 48.5 Å². The van der Waals surface area contributed by atoms with Crippen LogP contribution < -0.4 is 5.73 Å². The predicted octanol–water partition coefficient (Wildman–Crippen LogP) is 11.5. The van der Waals surface area contributed by atoms with Gasteiger partial charge in [0.2, 0.25) is 0 Å². The van der Waals surface area contributed by atoms with Crippen molar-refractivity contribution in [3.8, 4) is 32.8 Å². The van der Waals surface area contributed by atoms with Crippen LogP contribution in [-0.2, 0) is 10.8 Å². The maximum Gasteiger partial charge on any atom is 0.335 e. The Bertz CT molecular complexity index is 2350. The molecule has 50 heavy (non-hydrogen) atoms. The van der Waals surface area contributed by atoms with Crippen LogP contribution in [0.2, 0.25) is 0 Å². The van der Waals surface area contributed by atoms with E-state index in [-0.39, 0.29) is 10.8 Å². The van der Waals surface area contributed by atoms with Crippen LogP contribution in [0.15, 0.2) is 138 Å². The lowest BCUT2D eigenvalue weighted by Gasteiger charge is -2.21. The molecule has 248 valence electrons. The molecule has 3 N–H and O–H groups in total. The average Bonchev–Trinajstić information content (AvgIpc) is 3.73. The van der Waals surface area contributed by atoms with Crippen molar-refractivity contribution in [3.05, 3.63) is 161 Å². The summed E-state index contributed by atoms with van der Waals surface area (Å²) in [6.45, 7) is 8.92. The number of thiol groups is 1. The minimum absolute atomic E-state index is 0.0403. The third-order valence-electron chi connectivity index (χ3n) is 9.89. The summed E-state index contributed by atoms with van der Waals surface area (Å²) in [5.74, 6) is -0.871. The number of carboxylic acid groups (broad SMARTS) is 1. The topological polar surface area (TPSA) is 76.2 Å². The zero-order valence-corrected chi connectivity index (χ0v) is 30.1. The van der Waals surface area contributed by atoms with Crippen LogP contribution in [0.5, 0.6) is 0 Å². The Morgan fingerprint density at radius 3 is 1.74 bits per heavy atom. The second kappa shape index (κ2) is 12.9. The molecule has 6 aromatic carbocycles. The van der Waals surface area contributed by atoms with Gasteiger partial charge in [0.15, 0.2) is 0 Å². The number of hydrogen-bond donors (Lipinski definition) is 3. The second-order valence-corrected chi connectivity index (χ2v) is 15.2. The summed E-state index contributed by atoms with van der Waals surface area (Å²) < 4.78 is 1.25. The lowest BCUT2D eigenvalue weighted by molar-refractivity contribution is 0.0696. The number of aromatic carboxylic acids is 1. The van der Waals surface area contributed by atoms with Crippen LogP contribution in [-0.4, -0.2) is 16.1 Å². The van der Waals surface area contributed by atoms with E-state index >= 15 is 0 Å². The van der Waals surface area contributed by atoms with Crippen LogP contribution >= 0.6 is 24.0 Å². The Labute approximate surface area is 302 Å². The van der Waals surface area contributed by atoms with Crippen LogP contribution in [0.3, 0.4) is 0 Å². The lowest BCUT2D eigenvalue weighted by Crippen LogP contribution is -2.15. The van der Waals surface area contributed by atoms with Crippen molar-refractivity contribution in [2.45, 2.75) is 43.4 Å². The summed E-state index contributed by atoms with van der Waals surface area (Å²) >= 11 is 5.84. The van der Waals surface area contributed by atoms with Gasteiger partial charge < -0.3 is 10.8 Å². The monoisotopic (exact) mass is 690 g/mol. The molecule has 9 rings (SSSR count). The van der Waals surface area contributed by atoms with Crippen molar-refractivity contribution in [2.75, 3.05) is 5.73 Å². The van der Waals surface area contributed by atoms with E-state index in [4.69, 9.17) is 15.8 Å². The third kappa shape index (κ3) is 5.89. The minimum atomic E-state index is -0.871. The third-order valence-corrected chi connectivity index (χ3v) is 11.4. The summed E-state index contributed by atoms with van der Waals surface area (Å²) in [7, 11) is 0. The van der Waals surface area contributed by atoms with Crippen molar-refractivity contribution < 1.29 is 9.90 Å². The van der Waals surface area contributed by atoms with Gasteiger partial charge >= 0.3 is 5.97 Å². The van der Waals surface area contributed by atoms with E-state index in [0.717, 1.165) is 32.2 Å². The summed E-state index contributed by atoms with van der Waals surface area (Å²) in [4.78, 5) is 16.7. The number of rotatable bonds is 2. The van der Waals surface area contributed by atoms with Crippen molar-refractivity contribution >= 4 is 45.8 Å². The highest BCUT2D eigenvalue weighted by atomic mass is 32.1. The number of thiazole rings is 1. The van der Waals surface area contributed by atoms with Gasteiger partial charge in [0.1, 0.15) is 5.01 Å². The van der Waals surface area contributed by atoms with Gasteiger partial charge in [0.25, 0.3) is 0 Å². The van der Waals surface area contributed by atoms with Gasteiger partial charge in [-0.25, -0.2) is 9.78 Å². The summed E-state index contributed by atoms with van der Waals surface area (Å²) in [6.07, 6.45) is 0. The zero-order valence-electron chi connectivity index (χ0n) is 28.4. The molecule has 0 saturated heterocycles. The molecule has 0 atom stereocenters. The first kappa shape index (κ1) is 33.3. The van der Waals surface area contributed by atoms with Gasteiger partial charge in [-0.3, -0.25) is 0 Å². The van der Waals surface area contributed by atoms with Crippen LogP contribution in [0.1, 0.15) is 60.3 Å². The molecule has 4 nitrogen and oxygen atoms in total. The molecule has 0 unspecified atom stereocenters. The molecule has 2 aliphatic carbocycles. The Kier molecular flexibility index (Phi) is 8.63. The number of hydrogen-bond acceptors (Lipinski definition) is 5. The van der Waals surface area contributed by atoms with E-state index in [9.17, 15) is 4.79 Å². The molecule has 1 heterocycles.